The van der Waals surface area contributed by atoms with E-state index >= 15 is 0 Å². The molecule has 1 aromatic carbocycles. The SMILES string of the molecule is Cc1nc(C(C)NC(=O)CN2Cc3ccc(-c4nc(NC5CCOCC5)ncc4Cl)cc3C2=O)sc1C. The molecule has 4 heterocycles. The van der Waals surface area contributed by atoms with Crippen molar-refractivity contribution in [1.29, 1.82) is 0 Å². The number of thiazole rings is 1. The fourth-order valence-electron chi connectivity index (χ4n) is 4.50. The van der Waals surface area contributed by atoms with Crippen molar-refractivity contribution in [2.24, 2.45) is 0 Å². The van der Waals surface area contributed by atoms with Gasteiger partial charge in [0.1, 0.15) is 11.6 Å². The number of rotatable bonds is 7. The summed E-state index contributed by atoms with van der Waals surface area (Å²) in [5, 5.41) is 7.58. The van der Waals surface area contributed by atoms with Crippen LogP contribution in [0.3, 0.4) is 0 Å². The maximum absolute atomic E-state index is 13.2. The number of carbonyl (C=O) groups excluding carboxylic acids is 2. The zero-order valence-electron chi connectivity index (χ0n) is 21.0. The number of fused-ring (bicyclic) bond motifs is 1. The zero-order valence-corrected chi connectivity index (χ0v) is 22.6. The van der Waals surface area contributed by atoms with Crippen molar-refractivity contribution in [3.63, 3.8) is 0 Å². The van der Waals surface area contributed by atoms with Crippen LogP contribution < -0.4 is 10.6 Å². The molecule has 1 atom stereocenters. The molecule has 11 heteroatoms. The smallest absolute Gasteiger partial charge is 0.254 e. The van der Waals surface area contributed by atoms with Gasteiger partial charge in [-0.05, 0) is 45.2 Å². The number of anilines is 1. The average molecular weight is 541 g/mol. The molecule has 2 aliphatic rings. The number of aromatic nitrogens is 3. The molecule has 2 amide bonds. The van der Waals surface area contributed by atoms with E-state index in [1.807, 2.05) is 32.9 Å². The highest BCUT2D eigenvalue weighted by molar-refractivity contribution is 7.11. The standard InChI is InChI=1S/C26H29ClN6O3S/c1-14-16(3)37-24(30-14)15(2)29-22(34)13-33-12-18-5-4-17(10-20(18)25(33)35)23-21(27)11-28-26(32-23)31-19-6-8-36-9-7-19/h4-5,10-11,15,19H,6-9,12-13H2,1-3H3,(H,29,34)(H,28,31,32). The van der Waals surface area contributed by atoms with Gasteiger partial charge in [-0.2, -0.15) is 0 Å². The van der Waals surface area contributed by atoms with E-state index in [4.69, 9.17) is 16.3 Å². The lowest BCUT2D eigenvalue weighted by molar-refractivity contribution is -0.122. The third kappa shape index (κ3) is 5.61. The minimum Gasteiger partial charge on any atom is -0.381 e. The van der Waals surface area contributed by atoms with Crippen LogP contribution in [0.5, 0.6) is 0 Å². The predicted octanol–water partition coefficient (Wildman–Crippen LogP) is 4.29. The van der Waals surface area contributed by atoms with Crippen LogP contribution in [-0.4, -0.2) is 57.5 Å². The van der Waals surface area contributed by atoms with Gasteiger partial charge in [0.05, 0.1) is 28.6 Å². The van der Waals surface area contributed by atoms with E-state index < -0.39 is 0 Å². The molecule has 1 fully saturated rings. The van der Waals surface area contributed by atoms with Gasteiger partial charge in [-0.15, -0.1) is 11.3 Å². The molecule has 194 valence electrons. The second-order valence-electron chi connectivity index (χ2n) is 9.44. The molecule has 9 nitrogen and oxygen atoms in total. The van der Waals surface area contributed by atoms with Crippen LogP contribution in [0.2, 0.25) is 5.02 Å². The molecule has 0 saturated carbocycles. The lowest BCUT2D eigenvalue weighted by Gasteiger charge is -2.23. The fourth-order valence-corrected chi connectivity index (χ4v) is 5.63. The van der Waals surface area contributed by atoms with Crippen molar-refractivity contribution in [2.45, 2.75) is 52.2 Å². The number of nitrogens with zero attached hydrogens (tertiary/aromatic N) is 4. The summed E-state index contributed by atoms with van der Waals surface area (Å²) in [7, 11) is 0. The highest BCUT2D eigenvalue weighted by atomic mass is 35.5. The Morgan fingerprint density at radius 3 is 2.78 bits per heavy atom. The number of halogens is 1. The van der Waals surface area contributed by atoms with Gasteiger partial charge in [0.25, 0.3) is 5.91 Å². The van der Waals surface area contributed by atoms with Crippen molar-refractivity contribution in [3.05, 3.63) is 56.1 Å². The number of aryl methyl sites for hydroxylation is 2. The van der Waals surface area contributed by atoms with E-state index in [0.29, 0.717) is 42.0 Å². The van der Waals surface area contributed by atoms with E-state index in [-0.39, 0.29) is 30.4 Å². The number of carbonyl (C=O) groups is 2. The Bertz CT molecular complexity index is 1320. The lowest BCUT2D eigenvalue weighted by Crippen LogP contribution is -2.38. The molecule has 5 rings (SSSR count). The maximum atomic E-state index is 13.2. The first-order valence-electron chi connectivity index (χ1n) is 12.3. The van der Waals surface area contributed by atoms with Gasteiger partial charge in [-0.1, -0.05) is 23.7 Å². The third-order valence-electron chi connectivity index (χ3n) is 6.69. The second-order valence-corrected chi connectivity index (χ2v) is 11.1. The maximum Gasteiger partial charge on any atom is 0.254 e. The van der Waals surface area contributed by atoms with Gasteiger partial charge in [0.15, 0.2) is 0 Å². The summed E-state index contributed by atoms with van der Waals surface area (Å²) in [6.45, 7) is 7.64. The Morgan fingerprint density at radius 1 is 1.27 bits per heavy atom. The molecule has 0 radical (unpaired) electrons. The monoisotopic (exact) mass is 540 g/mol. The van der Waals surface area contributed by atoms with E-state index in [2.05, 4.69) is 25.6 Å². The molecule has 1 saturated heterocycles. The molecular weight excluding hydrogens is 512 g/mol. The Kier molecular flexibility index (Phi) is 7.41. The molecule has 0 aliphatic carbocycles. The number of hydrogen-bond acceptors (Lipinski definition) is 8. The third-order valence-corrected chi connectivity index (χ3v) is 8.22. The van der Waals surface area contributed by atoms with E-state index in [0.717, 1.165) is 39.5 Å². The summed E-state index contributed by atoms with van der Waals surface area (Å²) in [6, 6.07) is 5.62. The topological polar surface area (TPSA) is 109 Å². The van der Waals surface area contributed by atoms with E-state index in [1.165, 1.54) is 0 Å². The van der Waals surface area contributed by atoms with Gasteiger partial charge >= 0.3 is 0 Å². The van der Waals surface area contributed by atoms with Gasteiger partial charge in [0, 0.05) is 41.8 Å². The van der Waals surface area contributed by atoms with Crippen molar-refractivity contribution in [1.82, 2.24) is 25.2 Å². The first-order chi connectivity index (χ1) is 17.8. The quantitative estimate of drug-likeness (QED) is 0.460. The summed E-state index contributed by atoms with van der Waals surface area (Å²) in [5.41, 5.74) is 3.67. The molecular formula is C26H29ClN6O3S. The Labute approximate surface area is 224 Å². The number of ether oxygens (including phenoxy) is 1. The van der Waals surface area contributed by atoms with Crippen LogP contribution >= 0.6 is 22.9 Å². The summed E-state index contributed by atoms with van der Waals surface area (Å²) in [6.07, 6.45) is 3.35. The molecule has 2 aromatic heterocycles. The molecule has 3 aromatic rings. The number of benzene rings is 1. The van der Waals surface area contributed by atoms with Gasteiger partial charge in [-0.25, -0.2) is 15.0 Å². The minimum absolute atomic E-state index is 0.0238. The van der Waals surface area contributed by atoms with Gasteiger partial charge in [0.2, 0.25) is 11.9 Å². The van der Waals surface area contributed by atoms with Crippen molar-refractivity contribution in [3.8, 4) is 11.3 Å². The summed E-state index contributed by atoms with van der Waals surface area (Å²) in [4.78, 5) is 42.1. The van der Waals surface area contributed by atoms with Crippen molar-refractivity contribution in [2.75, 3.05) is 25.1 Å². The van der Waals surface area contributed by atoms with Crippen molar-refractivity contribution < 1.29 is 14.3 Å². The molecule has 0 spiro atoms. The number of nitrogens with one attached hydrogen (secondary N) is 2. The van der Waals surface area contributed by atoms with Gasteiger partial charge in [-0.3, -0.25) is 9.59 Å². The molecule has 2 aliphatic heterocycles. The van der Waals surface area contributed by atoms with Crippen molar-refractivity contribution >= 4 is 40.7 Å². The Hall–Kier alpha value is -3.08. The molecule has 0 bridgehead atoms. The molecule has 37 heavy (non-hydrogen) atoms. The predicted molar refractivity (Wildman–Crippen MR) is 143 cm³/mol. The molecule has 2 N–H and O–H groups in total. The summed E-state index contributed by atoms with van der Waals surface area (Å²) < 4.78 is 5.41. The summed E-state index contributed by atoms with van der Waals surface area (Å²) >= 11 is 8.01. The number of hydrogen-bond donors (Lipinski definition) is 2. The van der Waals surface area contributed by atoms with Crippen LogP contribution in [0.1, 0.15) is 57.3 Å². The van der Waals surface area contributed by atoms with Crippen LogP contribution in [0.4, 0.5) is 5.95 Å². The zero-order chi connectivity index (χ0) is 26.1. The van der Waals surface area contributed by atoms with Crippen LogP contribution in [0, 0.1) is 13.8 Å². The highest BCUT2D eigenvalue weighted by Crippen LogP contribution is 2.32. The fraction of sp³-hybridized carbons (Fsp3) is 0.423. The first kappa shape index (κ1) is 25.6. The second kappa shape index (κ2) is 10.7. The van der Waals surface area contributed by atoms with E-state index in [9.17, 15) is 9.59 Å². The van der Waals surface area contributed by atoms with Gasteiger partial charge < -0.3 is 20.3 Å². The lowest BCUT2D eigenvalue weighted by atomic mass is 10.0. The summed E-state index contributed by atoms with van der Waals surface area (Å²) in [5.74, 6) is 0.0875. The average Bonchev–Trinajstić information content (AvgIpc) is 3.38. The Balaban J connectivity index is 1.27. The number of amides is 2. The largest absolute Gasteiger partial charge is 0.381 e. The Morgan fingerprint density at radius 2 is 2.05 bits per heavy atom. The first-order valence-corrected chi connectivity index (χ1v) is 13.5. The molecule has 1 unspecified atom stereocenters. The van der Waals surface area contributed by atoms with Crippen LogP contribution in [0.25, 0.3) is 11.3 Å². The normalized spacial score (nSPS) is 16.5. The van der Waals surface area contributed by atoms with E-state index in [1.54, 1.807) is 28.5 Å². The van der Waals surface area contributed by atoms with Crippen LogP contribution in [-0.2, 0) is 16.1 Å². The highest BCUT2D eigenvalue weighted by Gasteiger charge is 2.30. The minimum atomic E-state index is -0.222. The van der Waals surface area contributed by atoms with Crippen LogP contribution in [0.15, 0.2) is 24.4 Å².